The SMILES string of the molecule is CC(O)CNC(=O)C(C)Cc1ccc(F)c(Br)c1. The van der Waals surface area contributed by atoms with Crippen molar-refractivity contribution >= 4 is 21.8 Å². The van der Waals surface area contributed by atoms with E-state index in [9.17, 15) is 9.18 Å². The fourth-order valence-corrected chi connectivity index (χ4v) is 1.96. The average molecular weight is 318 g/mol. The number of rotatable bonds is 5. The molecule has 2 N–H and O–H groups in total. The Labute approximate surface area is 115 Å². The summed E-state index contributed by atoms with van der Waals surface area (Å²) >= 11 is 3.11. The summed E-state index contributed by atoms with van der Waals surface area (Å²) in [6.07, 6.45) is -0.0223. The fourth-order valence-electron chi connectivity index (χ4n) is 1.54. The van der Waals surface area contributed by atoms with Gasteiger partial charge in [0.2, 0.25) is 5.91 Å². The van der Waals surface area contributed by atoms with Crippen molar-refractivity contribution in [3.63, 3.8) is 0 Å². The molecule has 1 amide bonds. The largest absolute Gasteiger partial charge is 0.392 e. The second-order valence-electron chi connectivity index (χ2n) is 4.45. The molecule has 0 aliphatic carbocycles. The number of aliphatic hydroxyl groups is 1. The average Bonchev–Trinajstić information content (AvgIpc) is 2.30. The van der Waals surface area contributed by atoms with Crippen LogP contribution in [0.4, 0.5) is 4.39 Å². The molecule has 2 unspecified atom stereocenters. The van der Waals surface area contributed by atoms with E-state index in [-0.39, 0.29) is 24.2 Å². The van der Waals surface area contributed by atoms with Gasteiger partial charge in [-0.1, -0.05) is 13.0 Å². The zero-order valence-corrected chi connectivity index (χ0v) is 12.0. The van der Waals surface area contributed by atoms with Gasteiger partial charge < -0.3 is 10.4 Å². The Bertz CT molecular complexity index is 423. The highest BCUT2D eigenvalue weighted by Gasteiger charge is 2.14. The molecule has 0 fully saturated rings. The smallest absolute Gasteiger partial charge is 0.223 e. The minimum Gasteiger partial charge on any atom is -0.392 e. The third-order valence-corrected chi connectivity index (χ3v) is 3.15. The lowest BCUT2D eigenvalue weighted by atomic mass is 10.0. The second kappa shape index (κ2) is 6.85. The van der Waals surface area contributed by atoms with Crippen LogP contribution in [0.1, 0.15) is 19.4 Å². The zero-order valence-electron chi connectivity index (χ0n) is 10.4. The Morgan fingerprint density at radius 3 is 2.72 bits per heavy atom. The van der Waals surface area contributed by atoms with Crippen molar-refractivity contribution in [3.8, 4) is 0 Å². The summed E-state index contributed by atoms with van der Waals surface area (Å²) in [6, 6.07) is 4.71. The van der Waals surface area contributed by atoms with Crippen molar-refractivity contribution in [1.82, 2.24) is 5.32 Å². The van der Waals surface area contributed by atoms with E-state index in [1.165, 1.54) is 6.07 Å². The number of nitrogens with one attached hydrogen (secondary N) is 1. The summed E-state index contributed by atoms with van der Waals surface area (Å²) in [7, 11) is 0. The molecule has 0 heterocycles. The highest BCUT2D eigenvalue weighted by molar-refractivity contribution is 9.10. The standard InChI is InChI=1S/C13H17BrFNO2/c1-8(13(18)16-7-9(2)17)5-10-3-4-12(15)11(14)6-10/h3-4,6,8-9,17H,5,7H2,1-2H3,(H,16,18). The van der Waals surface area contributed by atoms with Gasteiger partial charge >= 0.3 is 0 Å². The van der Waals surface area contributed by atoms with Crippen LogP contribution in [0.3, 0.4) is 0 Å². The van der Waals surface area contributed by atoms with Crippen molar-refractivity contribution < 1.29 is 14.3 Å². The lowest BCUT2D eigenvalue weighted by Gasteiger charge is -2.13. The Morgan fingerprint density at radius 1 is 1.50 bits per heavy atom. The first-order chi connectivity index (χ1) is 8.40. The number of halogens is 2. The number of amides is 1. The number of hydrogen-bond donors (Lipinski definition) is 2. The van der Waals surface area contributed by atoms with Crippen molar-refractivity contribution in [1.29, 1.82) is 0 Å². The normalized spacial score (nSPS) is 14.1. The van der Waals surface area contributed by atoms with Gasteiger partial charge in [-0.2, -0.15) is 0 Å². The molecular formula is C13H17BrFNO2. The highest BCUT2D eigenvalue weighted by atomic mass is 79.9. The van der Waals surface area contributed by atoms with E-state index < -0.39 is 6.10 Å². The number of aliphatic hydroxyl groups excluding tert-OH is 1. The summed E-state index contributed by atoms with van der Waals surface area (Å²) in [5.41, 5.74) is 0.892. The van der Waals surface area contributed by atoms with E-state index in [0.29, 0.717) is 10.9 Å². The van der Waals surface area contributed by atoms with Crippen molar-refractivity contribution in [2.45, 2.75) is 26.4 Å². The molecule has 0 spiro atoms. The van der Waals surface area contributed by atoms with Crippen LogP contribution in [0, 0.1) is 11.7 Å². The molecule has 1 rings (SSSR count). The molecule has 5 heteroatoms. The molecule has 1 aromatic carbocycles. The van der Waals surface area contributed by atoms with Gasteiger partial charge in [-0.25, -0.2) is 4.39 Å². The molecule has 2 atom stereocenters. The van der Waals surface area contributed by atoms with Crippen molar-refractivity contribution in [2.75, 3.05) is 6.54 Å². The number of carbonyl (C=O) groups excluding carboxylic acids is 1. The Hall–Kier alpha value is -0.940. The van der Waals surface area contributed by atoms with Gasteiger partial charge in [0, 0.05) is 12.5 Å². The molecular weight excluding hydrogens is 301 g/mol. The minimum absolute atomic E-state index is 0.114. The maximum absolute atomic E-state index is 13.1. The van der Waals surface area contributed by atoms with Crippen LogP contribution in [0.25, 0.3) is 0 Å². The Morgan fingerprint density at radius 2 is 2.17 bits per heavy atom. The minimum atomic E-state index is -0.555. The first-order valence-corrected chi connectivity index (χ1v) is 6.59. The van der Waals surface area contributed by atoms with Crippen LogP contribution in [-0.4, -0.2) is 23.7 Å². The van der Waals surface area contributed by atoms with E-state index in [0.717, 1.165) is 5.56 Å². The first kappa shape index (κ1) is 15.1. The third kappa shape index (κ3) is 4.74. The van der Waals surface area contributed by atoms with Gasteiger partial charge in [0.1, 0.15) is 5.82 Å². The van der Waals surface area contributed by atoms with Gasteiger partial charge in [-0.05, 0) is 47.0 Å². The molecule has 0 aliphatic rings. The summed E-state index contributed by atoms with van der Waals surface area (Å²) < 4.78 is 13.4. The predicted molar refractivity (Wildman–Crippen MR) is 71.7 cm³/mol. The van der Waals surface area contributed by atoms with Gasteiger partial charge in [-0.15, -0.1) is 0 Å². The molecule has 0 radical (unpaired) electrons. The molecule has 100 valence electrons. The first-order valence-electron chi connectivity index (χ1n) is 5.80. The van der Waals surface area contributed by atoms with E-state index >= 15 is 0 Å². The maximum atomic E-state index is 13.1. The van der Waals surface area contributed by atoms with Gasteiger partial charge in [0.25, 0.3) is 0 Å². The van der Waals surface area contributed by atoms with Crippen molar-refractivity contribution in [3.05, 3.63) is 34.1 Å². The molecule has 0 saturated carbocycles. The van der Waals surface area contributed by atoms with Gasteiger partial charge in [0.15, 0.2) is 0 Å². The van der Waals surface area contributed by atoms with Crippen LogP contribution in [0.2, 0.25) is 0 Å². The summed E-state index contributed by atoms with van der Waals surface area (Å²) in [6.45, 7) is 3.66. The van der Waals surface area contributed by atoms with Crippen LogP contribution in [0.15, 0.2) is 22.7 Å². The van der Waals surface area contributed by atoms with Gasteiger partial charge in [-0.3, -0.25) is 4.79 Å². The fraction of sp³-hybridized carbons (Fsp3) is 0.462. The molecule has 0 aliphatic heterocycles. The lowest BCUT2D eigenvalue weighted by Crippen LogP contribution is -2.35. The van der Waals surface area contributed by atoms with E-state index in [1.54, 1.807) is 26.0 Å². The summed E-state index contributed by atoms with van der Waals surface area (Å²) in [4.78, 5) is 11.7. The number of hydrogen-bond acceptors (Lipinski definition) is 2. The predicted octanol–water partition coefficient (Wildman–Crippen LogP) is 2.26. The van der Waals surface area contributed by atoms with Crippen LogP contribution in [0.5, 0.6) is 0 Å². The van der Waals surface area contributed by atoms with Crippen LogP contribution < -0.4 is 5.32 Å². The lowest BCUT2D eigenvalue weighted by molar-refractivity contribution is -0.124. The molecule has 0 bridgehead atoms. The van der Waals surface area contributed by atoms with Crippen LogP contribution >= 0.6 is 15.9 Å². The highest BCUT2D eigenvalue weighted by Crippen LogP contribution is 2.19. The molecule has 1 aromatic rings. The number of benzene rings is 1. The Balaban J connectivity index is 2.55. The molecule has 0 saturated heterocycles. The maximum Gasteiger partial charge on any atom is 0.223 e. The summed E-state index contributed by atoms with van der Waals surface area (Å²) in [5, 5.41) is 11.7. The molecule has 18 heavy (non-hydrogen) atoms. The topological polar surface area (TPSA) is 49.3 Å². The number of carbonyl (C=O) groups is 1. The zero-order chi connectivity index (χ0) is 13.7. The third-order valence-electron chi connectivity index (χ3n) is 2.55. The molecule has 0 aromatic heterocycles. The molecule has 3 nitrogen and oxygen atoms in total. The van der Waals surface area contributed by atoms with E-state index in [1.807, 2.05) is 0 Å². The Kier molecular flexibility index (Phi) is 5.75. The van der Waals surface area contributed by atoms with Crippen LogP contribution in [-0.2, 0) is 11.2 Å². The monoisotopic (exact) mass is 317 g/mol. The van der Waals surface area contributed by atoms with E-state index in [2.05, 4.69) is 21.2 Å². The quantitative estimate of drug-likeness (QED) is 0.875. The van der Waals surface area contributed by atoms with E-state index in [4.69, 9.17) is 5.11 Å². The van der Waals surface area contributed by atoms with Crippen molar-refractivity contribution in [2.24, 2.45) is 5.92 Å². The summed E-state index contributed by atoms with van der Waals surface area (Å²) in [5.74, 6) is -0.651. The van der Waals surface area contributed by atoms with Gasteiger partial charge in [0.05, 0.1) is 10.6 Å². The second-order valence-corrected chi connectivity index (χ2v) is 5.30.